The first kappa shape index (κ1) is 21.2. The first-order valence-corrected chi connectivity index (χ1v) is 9.79. The molecule has 162 valence electrons. The molecule has 1 aliphatic heterocycles. The van der Waals surface area contributed by atoms with Gasteiger partial charge in [-0.05, 0) is 42.3 Å². The topological polar surface area (TPSA) is 66.8 Å². The number of aliphatic hydroxyl groups excluding tert-OH is 1. The Morgan fingerprint density at radius 3 is 2.41 bits per heavy atom. The second-order valence-electron chi connectivity index (χ2n) is 7.36. The quantitative estimate of drug-likeness (QED) is 0.359. The highest BCUT2D eigenvalue weighted by Crippen LogP contribution is 2.43. The van der Waals surface area contributed by atoms with Crippen molar-refractivity contribution in [3.05, 3.63) is 101 Å². The number of aryl methyl sites for hydroxylation is 1. The number of nitrogens with zero attached hydrogens (tertiary/aromatic N) is 1. The average molecular weight is 435 g/mol. The lowest BCUT2D eigenvalue weighted by molar-refractivity contribution is -0.132. The fourth-order valence-corrected chi connectivity index (χ4v) is 3.85. The predicted octanol–water partition coefficient (Wildman–Crippen LogP) is 4.91. The molecule has 1 amide bonds. The molecule has 3 aromatic carbocycles. The van der Waals surface area contributed by atoms with Gasteiger partial charge in [0.2, 0.25) is 0 Å². The fourth-order valence-electron chi connectivity index (χ4n) is 3.85. The van der Waals surface area contributed by atoms with Gasteiger partial charge < -0.3 is 9.84 Å². The predicted molar refractivity (Wildman–Crippen MR) is 115 cm³/mol. The average Bonchev–Trinajstić information content (AvgIpc) is 3.06. The summed E-state index contributed by atoms with van der Waals surface area (Å²) in [7, 11) is 1.47. The fraction of sp³-hybridized carbons (Fsp3) is 0.120. The molecule has 1 fully saturated rings. The number of carbonyl (C=O) groups excluding carboxylic acids is 2. The van der Waals surface area contributed by atoms with Crippen LogP contribution in [0.3, 0.4) is 0 Å². The van der Waals surface area contributed by atoms with Crippen LogP contribution >= 0.6 is 0 Å². The lowest BCUT2D eigenvalue weighted by Crippen LogP contribution is -2.30. The number of aliphatic hydroxyl groups is 1. The molecule has 1 unspecified atom stereocenters. The van der Waals surface area contributed by atoms with Gasteiger partial charge in [-0.15, -0.1) is 0 Å². The summed E-state index contributed by atoms with van der Waals surface area (Å²) in [5.41, 5.74) is 1.46. The minimum absolute atomic E-state index is 0.00365. The number of carbonyl (C=O) groups is 2. The van der Waals surface area contributed by atoms with E-state index in [2.05, 4.69) is 0 Å². The lowest BCUT2D eigenvalue weighted by atomic mass is 9.92. The summed E-state index contributed by atoms with van der Waals surface area (Å²) in [6, 6.07) is 15.4. The molecule has 5 nitrogen and oxygen atoms in total. The van der Waals surface area contributed by atoms with E-state index in [4.69, 9.17) is 4.74 Å². The van der Waals surface area contributed by atoms with Crippen LogP contribution < -0.4 is 9.64 Å². The van der Waals surface area contributed by atoms with Crippen molar-refractivity contribution >= 4 is 23.1 Å². The van der Waals surface area contributed by atoms with Crippen LogP contribution in [0.5, 0.6) is 5.75 Å². The maximum absolute atomic E-state index is 14.0. The van der Waals surface area contributed by atoms with Crippen molar-refractivity contribution in [2.24, 2.45) is 0 Å². The molecular formula is C25H19F2NO4. The molecule has 0 saturated carbocycles. The summed E-state index contributed by atoms with van der Waals surface area (Å²) in [5.74, 6) is -4.04. The zero-order valence-corrected chi connectivity index (χ0v) is 17.3. The van der Waals surface area contributed by atoms with Crippen molar-refractivity contribution in [2.45, 2.75) is 13.0 Å². The Kier molecular flexibility index (Phi) is 5.48. The molecule has 0 radical (unpaired) electrons. The van der Waals surface area contributed by atoms with Crippen molar-refractivity contribution in [1.82, 2.24) is 0 Å². The van der Waals surface area contributed by atoms with Crippen LogP contribution in [0.25, 0.3) is 5.76 Å². The van der Waals surface area contributed by atoms with E-state index in [9.17, 15) is 23.5 Å². The Morgan fingerprint density at radius 2 is 1.72 bits per heavy atom. The number of hydrogen-bond acceptors (Lipinski definition) is 4. The lowest BCUT2D eigenvalue weighted by Gasteiger charge is -2.26. The van der Waals surface area contributed by atoms with Crippen molar-refractivity contribution < 1.29 is 28.2 Å². The van der Waals surface area contributed by atoms with Crippen LogP contribution in [0.1, 0.15) is 22.7 Å². The molecule has 1 aliphatic rings. The smallest absolute Gasteiger partial charge is 0.300 e. The third-order valence-corrected chi connectivity index (χ3v) is 5.45. The highest BCUT2D eigenvalue weighted by Gasteiger charge is 2.47. The molecule has 1 heterocycles. The number of benzene rings is 3. The van der Waals surface area contributed by atoms with Crippen molar-refractivity contribution in [1.29, 1.82) is 0 Å². The summed E-state index contributed by atoms with van der Waals surface area (Å²) in [5, 5.41) is 11.1. The molecule has 1 N–H and O–H groups in total. The Balaban J connectivity index is 1.98. The van der Waals surface area contributed by atoms with Gasteiger partial charge in [0.05, 0.1) is 18.7 Å². The van der Waals surface area contributed by atoms with Gasteiger partial charge in [-0.1, -0.05) is 36.4 Å². The van der Waals surface area contributed by atoms with Gasteiger partial charge in [-0.2, -0.15) is 0 Å². The van der Waals surface area contributed by atoms with Gasteiger partial charge >= 0.3 is 0 Å². The molecule has 32 heavy (non-hydrogen) atoms. The summed E-state index contributed by atoms with van der Waals surface area (Å²) < 4.78 is 32.7. The first-order valence-electron chi connectivity index (χ1n) is 9.79. The van der Waals surface area contributed by atoms with Crippen LogP contribution in [0.4, 0.5) is 14.5 Å². The molecule has 3 aromatic rings. The van der Waals surface area contributed by atoms with Crippen LogP contribution in [0.2, 0.25) is 0 Å². The van der Waals surface area contributed by atoms with Gasteiger partial charge in [-0.25, -0.2) is 8.78 Å². The Labute approximate surface area is 183 Å². The van der Waals surface area contributed by atoms with E-state index in [0.717, 1.165) is 22.6 Å². The monoisotopic (exact) mass is 435 g/mol. The second kappa shape index (κ2) is 8.26. The molecule has 0 aliphatic carbocycles. The number of methoxy groups -OCH3 is 1. The number of rotatable bonds is 4. The van der Waals surface area contributed by atoms with Gasteiger partial charge in [0.1, 0.15) is 11.5 Å². The largest absolute Gasteiger partial charge is 0.507 e. The molecule has 1 atom stereocenters. The number of Topliss-reactive ketones (excluding diaryl/α,β-unsaturated/α-hetero) is 1. The molecule has 4 rings (SSSR count). The third-order valence-electron chi connectivity index (χ3n) is 5.45. The molecule has 0 aromatic heterocycles. The van der Waals surface area contributed by atoms with E-state index in [0.29, 0.717) is 11.3 Å². The van der Waals surface area contributed by atoms with Crippen LogP contribution in [0, 0.1) is 18.6 Å². The number of halogens is 2. The third kappa shape index (κ3) is 3.51. The molecule has 0 spiro atoms. The van der Waals surface area contributed by atoms with Gasteiger partial charge in [0.25, 0.3) is 11.7 Å². The maximum atomic E-state index is 14.0. The van der Waals surface area contributed by atoms with E-state index >= 15 is 0 Å². The Hall–Kier alpha value is -4.00. The number of anilines is 1. The van der Waals surface area contributed by atoms with E-state index < -0.39 is 29.4 Å². The van der Waals surface area contributed by atoms with Crippen molar-refractivity contribution in [2.75, 3.05) is 12.0 Å². The van der Waals surface area contributed by atoms with E-state index in [1.807, 2.05) is 0 Å². The number of amides is 1. The summed E-state index contributed by atoms with van der Waals surface area (Å²) in [6.07, 6.45) is 0. The van der Waals surface area contributed by atoms with E-state index in [1.54, 1.807) is 49.4 Å². The maximum Gasteiger partial charge on any atom is 0.300 e. The summed E-state index contributed by atoms with van der Waals surface area (Å²) >= 11 is 0. The molecule has 0 bridgehead atoms. The first-order chi connectivity index (χ1) is 15.3. The standard InChI is InChI=1S/C25H19F2NO4/c1-14-6-3-4-9-18(14)22-21(23(29)15-7-5-8-17(12-15)32-2)24(30)25(31)28(22)16-10-11-19(26)20(27)13-16/h3-13,22,29H,1-2H3/b23-21+. The second-order valence-corrected chi connectivity index (χ2v) is 7.36. The normalized spacial score (nSPS) is 17.6. The van der Waals surface area contributed by atoms with Crippen LogP contribution in [-0.2, 0) is 9.59 Å². The van der Waals surface area contributed by atoms with Crippen LogP contribution in [-0.4, -0.2) is 23.9 Å². The minimum Gasteiger partial charge on any atom is -0.507 e. The Morgan fingerprint density at radius 1 is 0.969 bits per heavy atom. The van der Waals surface area contributed by atoms with Crippen LogP contribution in [0.15, 0.2) is 72.3 Å². The number of ketones is 1. The molecular weight excluding hydrogens is 416 g/mol. The van der Waals surface area contributed by atoms with Crippen molar-refractivity contribution in [3.8, 4) is 5.75 Å². The van der Waals surface area contributed by atoms with Gasteiger partial charge in [0.15, 0.2) is 11.6 Å². The molecule has 1 saturated heterocycles. The highest BCUT2D eigenvalue weighted by molar-refractivity contribution is 6.51. The van der Waals surface area contributed by atoms with Gasteiger partial charge in [0, 0.05) is 17.3 Å². The van der Waals surface area contributed by atoms with Gasteiger partial charge in [-0.3, -0.25) is 14.5 Å². The molecule has 7 heteroatoms. The summed E-state index contributed by atoms with van der Waals surface area (Å²) in [4.78, 5) is 27.2. The minimum atomic E-state index is -1.15. The van der Waals surface area contributed by atoms with Crippen molar-refractivity contribution in [3.63, 3.8) is 0 Å². The van der Waals surface area contributed by atoms with E-state index in [-0.39, 0.29) is 22.6 Å². The SMILES string of the molecule is COc1cccc(/C(O)=C2\C(=O)C(=O)N(c3ccc(F)c(F)c3)C2c2ccccc2C)c1. The highest BCUT2D eigenvalue weighted by atomic mass is 19.2. The number of hydrogen-bond donors (Lipinski definition) is 1. The summed E-state index contributed by atoms with van der Waals surface area (Å²) in [6.45, 7) is 1.80. The number of ether oxygens (including phenoxy) is 1. The zero-order valence-electron chi connectivity index (χ0n) is 17.3. The van der Waals surface area contributed by atoms with E-state index in [1.165, 1.54) is 19.2 Å². The zero-order chi connectivity index (χ0) is 23.0. The Bertz CT molecular complexity index is 1270.